The van der Waals surface area contributed by atoms with Gasteiger partial charge in [0.05, 0.1) is 7.11 Å². The summed E-state index contributed by atoms with van der Waals surface area (Å²) >= 11 is 0. The van der Waals surface area contributed by atoms with Crippen molar-refractivity contribution < 1.29 is 19.1 Å². The molecule has 0 aliphatic carbocycles. The van der Waals surface area contributed by atoms with Crippen molar-refractivity contribution in [3.63, 3.8) is 0 Å². The summed E-state index contributed by atoms with van der Waals surface area (Å²) in [6, 6.07) is 10.7. The van der Waals surface area contributed by atoms with Crippen LogP contribution in [0.4, 0.5) is 4.79 Å². The summed E-state index contributed by atoms with van der Waals surface area (Å²) in [5.41, 5.74) is 4.52. The number of hydrazine groups is 1. The summed E-state index contributed by atoms with van der Waals surface area (Å²) in [6.07, 6.45) is 0.818. The van der Waals surface area contributed by atoms with Crippen LogP contribution >= 0.6 is 0 Å². The number of ether oxygens (including phenoxy) is 2. The van der Waals surface area contributed by atoms with Crippen molar-refractivity contribution in [2.45, 2.75) is 13.3 Å². The molecule has 0 fully saturated rings. The molecule has 7 heteroatoms. The van der Waals surface area contributed by atoms with Crippen LogP contribution in [0.25, 0.3) is 10.8 Å². The van der Waals surface area contributed by atoms with Crippen molar-refractivity contribution in [2.24, 2.45) is 0 Å². The fourth-order valence-corrected chi connectivity index (χ4v) is 2.01. The van der Waals surface area contributed by atoms with Crippen molar-refractivity contribution in [3.05, 3.63) is 36.4 Å². The van der Waals surface area contributed by atoms with Crippen LogP contribution in [0, 0.1) is 0 Å². The molecule has 2 rings (SSSR count). The lowest BCUT2D eigenvalue weighted by atomic mass is 10.1. The van der Waals surface area contributed by atoms with Gasteiger partial charge in [-0.15, -0.1) is 0 Å². The Bertz CT molecular complexity index is 718. The normalized spacial score (nSPS) is 10.1. The maximum atomic E-state index is 11.6. The van der Waals surface area contributed by atoms with Crippen molar-refractivity contribution in [2.75, 3.05) is 20.3 Å². The lowest BCUT2D eigenvalue weighted by Crippen LogP contribution is -2.48. The van der Waals surface area contributed by atoms with E-state index in [-0.39, 0.29) is 6.61 Å². The highest BCUT2D eigenvalue weighted by Gasteiger charge is 2.05. The molecule has 0 aromatic heterocycles. The van der Waals surface area contributed by atoms with Crippen molar-refractivity contribution in [1.29, 1.82) is 0 Å². The summed E-state index contributed by atoms with van der Waals surface area (Å²) < 4.78 is 10.6. The topological polar surface area (TPSA) is 88.7 Å². The number of hydrogen-bond acceptors (Lipinski definition) is 4. The Hall–Kier alpha value is -2.96. The fourth-order valence-electron chi connectivity index (χ4n) is 2.01. The Balaban J connectivity index is 1.84. The highest BCUT2D eigenvalue weighted by atomic mass is 16.5. The van der Waals surface area contributed by atoms with E-state index in [0.29, 0.717) is 12.3 Å². The number of amides is 3. The maximum absolute atomic E-state index is 11.6. The van der Waals surface area contributed by atoms with Gasteiger partial charge in [-0.1, -0.05) is 19.1 Å². The lowest BCUT2D eigenvalue weighted by molar-refractivity contribution is -0.123. The van der Waals surface area contributed by atoms with Gasteiger partial charge in [-0.3, -0.25) is 10.2 Å². The Labute approximate surface area is 140 Å². The van der Waals surface area contributed by atoms with Crippen LogP contribution in [0.15, 0.2) is 36.4 Å². The zero-order valence-electron chi connectivity index (χ0n) is 13.7. The number of urea groups is 1. The van der Waals surface area contributed by atoms with E-state index in [9.17, 15) is 9.59 Å². The van der Waals surface area contributed by atoms with Gasteiger partial charge in [-0.05, 0) is 41.5 Å². The third-order valence-corrected chi connectivity index (χ3v) is 3.24. The molecule has 0 atom stereocenters. The van der Waals surface area contributed by atoms with Crippen LogP contribution in [-0.4, -0.2) is 32.2 Å². The molecule has 0 bridgehead atoms. The molecule has 0 saturated heterocycles. The predicted octanol–water partition coefficient (Wildman–Crippen LogP) is 1.97. The average Bonchev–Trinajstić information content (AvgIpc) is 2.62. The second-order valence-electron chi connectivity index (χ2n) is 5.09. The molecule has 2 aromatic carbocycles. The Morgan fingerprint density at radius 1 is 1.00 bits per heavy atom. The second-order valence-corrected chi connectivity index (χ2v) is 5.09. The number of carbonyl (C=O) groups is 2. The van der Waals surface area contributed by atoms with E-state index in [4.69, 9.17) is 9.47 Å². The van der Waals surface area contributed by atoms with E-state index >= 15 is 0 Å². The monoisotopic (exact) mass is 331 g/mol. The van der Waals surface area contributed by atoms with Gasteiger partial charge in [0.25, 0.3) is 5.91 Å². The van der Waals surface area contributed by atoms with E-state index in [0.717, 1.165) is 22.9 Å². The molecule has 0 heterocycles. The Morgan fingerprint density at radius 2 is 1.67 bits per heavy atom. The Kier molecular flexibility index (Phi) is 6.24. The number of carbonyl (C=O) groups excluding carboxylic acids is 2. The summed E-state index contributed by atoms with van der Waals surface area (Å²) in [5.74, 6) is 0.901. The predicted molar refractivity (Wildman–Crippen MR) is 91.0 cm³/mol. The van der Waals surface area contributed by atoms with E-state index in [1.807, 2.05) is 37.3 Å². The third kappa shape index (κ3) is 5.05. The molecular weight excluding hydrogens is 310 g/mol. The summed E-state index contributed by atoms with van der Waals surface area (Å²) in [4.78, 5) is 22.9. The van der Waals surface area contributed by atoms with Crippen molar-refractivity contribution in [3.8, 4) is 11.5 Å². The van der Waals surface area contributed by atoms with Crippen molar-refractivity contribution >= 4 is 22.7 Å². The van der Waals surface area contributed by atoms with Gasteiger partial charge in [0, 0.05) is 6.54 Å². The van der Waals surface area contributed by atoms with Gasteiger partial charge < -0.3 is 14.8 Å². The van der Waals surface area contributed by atoms with Crippen LogP contribution in [0.1, 0.15) is 13.3 Å². The number of rotatable bonds is 6. The number of fused-ring (bicyclic) bond motifs is 1. The molecule has 24 heavy (non-hydrogen) atoms. The zero-order valence-corrected chi connectivity index (χ0v) is 13.7. The zero-order chi connectivity index (χ0) is 17.4. The molecule has 0 aliphatic rings. The molecule has 0 unspecified atom stereocenters. The SMILES string of the molecule is CCCNC(=O)NNC(=O)COc1ccc2cc(OC)ccc2c1. The molecule has 7 nitrogen and oxygen atoms in total. The van der Waals surface area contributed by atoms with Gasteiger partial charge in [-0.2, -0.15) is 0 Å². The Morgan fingerprint density at radius 3 is 2.33 bits per heavy atom. The molecule has 0 radical (unpaired) electrons. The molecule has 2 aromatic rings. The quantitative estimate of drug-likeness (QED) is 0.706. The molecule has 0 aliphatic heterocycles. The molecular formula is C17H21N3O4. The molecule has 128 valence electrons. The standard InChI is InChI=1S/C17H21N3O4/c1-3-8-18-17(22)20-19-16(21)11-24-15-7-5-12-9-14(23-2)6-4-13(12)10-15/h4-7,9-10H,3,8,11H2,1-2H3,(H,19,21)(H2,18,20,22). The minimum absolute atomic E-state index is 0.199. The van der Waals surface area contributed by atoms with E-state index in [2.05, 4.69) is 16.2 Å². The van der Waals surface area contributed by atoms with E-state index in [1.54, 1.807) is 13.2 Å². The highest BCUT2D eigenvalue weighted by Crippen LogP contribution is 2.24. The van der Waals surface area contributed by atoms with Crippen LogP contribution < -0.4 is 25.6 Å². The van der Waals surface area contributed by atoms with Crippen LogP contribution in [0.3, 0.4) is 0 Å². The van der Waals surface area contributed by atoms with Crippen LogP contribution in [0.2, 0.25) is 0 Å². The number of nitrogens with one attached hydrogen (secondary N) is 3. The largest absolute Gasteiger partial charge is 0.497 e. The highest BCUT2D eigenvalue weighted by molar-refractivity contribution is 5.85. The van der Waals surface area contributed by atoms with Crippen LogP contribution in [-0.2, 0) is 4.79 Å². The number of benzene rings is 2. The molecule has 3 amide bonds. The summed E-state index contributed by atoms with van der Waals surface area (Å²) in [5, 5.41) is 4.57. The third-order valence-electron chi connectivity index (χ3n) is 3.24. The van der Waals surface area contributed by atoms with Gasteiger partial charge in [0.1, 0.15) is 11.5 Å². The number of hydrogen-bond donors (Lipinski definition) is 3. The lowest BCUT2D eigenvalue weighted by Gasteiger charge is -2.10. The van der Waals surface area contributed by atoms with Gasteiger partial charge in [0.15, 0.2) is 6.61 Å². The minimum atomic E-state index is -0.454. The van der Waals surface area contributed by atoms with Gasteiger partial charge in [0.2, 0.25) is 0 Å². The molecule has 0 saturated carbocycles. The van der Waals surface area contributed by atoms with E-state index in [1.165, 1.54) is 0 Å². The summed E-state index contributed by atoms with van der Waals surface area (Å²) in [6.45, 7) is 2.28. The fraction of sp³-hybridized carbons (Fsp3) is 0.294. The average molecular weight is 331 g/mol. The van der Waals surface area contributed by atoms with Crippen LogP contribution in [0.5, 0.6) is 11.5 Å². The van der Waals surface area contributed by atoms with E-state index < -0.39 is 11.9 Å². The first-order valence-electron chi connectivity index (χ1n) is 7.65. The minimum Gasteiger partial charge on any atom is -0.497 e. The molecule has 3 N–H and O–H groups in total. The number of methoxy groups -OCH3 is 1. The van der Waals surface area contributed by atoms with Gasteiger partial charge in [-0.25, -0.2) is 10.2 Å². The maximum Gasteiger partial charge on any atom is 0.333 e. The van der Waals surface area contributed by atoms with Gasteiger partial charge >= 0.3 is 6.03 Å². The first-order chi connectivity index (χ1) is 11.6. The molecule has 0 spiro atoms. The smallest absolute Gasteiger partial charge is 0.333 e. The summed E-state index contributed by atoms with van der Waals surface area (Å²) in [7, 11) is 1.62. The van der Waals surface area contributed by atoms with Crippen molar-refractivity contribution in [1.82, 2.24) is 16.2 Å². The second kappa shape index (κ2) is 8.61. The first kappa shape index (κ1) is 17.4. The first-order valence-corrected chi connectivity index (χ1v) is 7.65.